The lowest BCUT2D eigenvalue weighted by Gasteiger charge is -2.64. The van der Waals surface area contributed by atoms with E-state index in [1.807, 2.05) is 27.7 Å². The molecule has 3 saturated carbocycles. The van der Waals surface area contributed by atoms with Gasteiger partial charge in [-0.15, -0.1) is 0 Å². The number of hydrogen-bond donors (Lipinski definition) is 3. The molecule has 1 aromatic carbocycles. The summed E-state index contributed by atoms with van der Waals surface area (Å²) in [4.78, 5) is 53.3. The van der Waals surface area contributed by atoms with Gasteiger partial charge in [-0.05, 0) is 108 Å². The number of carbonyl (C=O) groups is 4. The maximum Gasteiger partial charge on any atom is 0.187 e. The Bertz CT molecular complexity index is 1550. The van der Waals surface area contributed by atoms with E-state index in [0.29, 0.717) is 24.2 Å². The van der Waals surface area contributed by atoms with Crippen molar-refractivity contribution in [3.8, 4) is 5.75 Å². The van der Waals surface area contributed by atoms with Crippen LogP contribution in [0.2, 0.25) is 0 Å². The van der Waals surface area contributed by atoms with Crippen molar-refractivity contribution in [1.82, 2.24) is 0 Å². The monoisotopic (exact) mass is 634 g/mol. The molecule has 0 spiro atoms. The number of para-hydroxylation sites is 1. The second-order valence-corrected chi connectivity index (χ2v) is 16.3. The molecule has 3 N–H and O–H groups in total. The molecule has 8 heteroatoms. The highest BCUT2D eigenvalue weighted by molar-refractivity contribution is 5.98. The Morgan fingerprint density at radius 2 is 1.63 bits per heavy atom. The third-order valence-corrected chi connectivity index (χ3v) is 12.8. The lowest BCUT2D eigenvalue weighted by Crippen LogP contribution is -2.65. The molecule has 46 heavy (non-hydrogen) atoms. The molecule has 3 fully saturated rings. The molecular formula is C38H50O8. The van der Waals surface area contributed by atoms with E-state index in [9.17, 15) is 34.5 Å². The van der Waals surface area contributed by atoms with Gasteiger partial charge in [0, 0.05) is 23.2 Å². The van der Waals surface area contributed by atoms with Crippen molar-refractivity contribution in [3.63, 3.8) is 0 Å². The zero-order valence-corrected chi connectivity index (χ0v) is 28.6. The molecule has 8 nitrogen and oxygen atoms in total. The predicted octanol–water partition coefficient (Wildman–Crippen LogP) is 5.22. The SMILES string of the molecule is CC(=O)c1ccccc1OC(C)(C)C=CC(=O)[C@](C)(O)[C@@H]1[C@H](O)C[C@]2(C)[C@H]3CC=C4[C@@H](C[C@H](O)C(=O)C4(C)C)[C@@]3(C)C(=O)C[C@]12C. The maximum absolute atomic E-state index is 14.5. The largest absolute Gasteiger partial charge is 0.483 e. The van der Waals surface area contributed by atoms with E-state index >= 15 is 0 Å². The van der Waals surface area contributed by atoms with Crippen molar-refractivity contribution < 1.29 is 39.2 Å². The normalized spacial score (nSPS) is 38.3. The van der Waals surface area contributed by atoms with Crippen LogP contribution in [-0.4, -0.2) is 61.9 Å². The second kappa shape index (κ2) is 10.8. The van der Waals surface area contributed by atoms with E-state index in [2.05, 4.69) is 13.0 Å². The van der Waals surface area contributed by atoms with Crippen molar-refractivity contribution in [2.24, 2.45) is 39.4 Å². The lowest BCUT2D eigenvalue weighted by atomic mass is 9.38. The first-order valence-corrected chi connectivity index (χ1v) is 16.4. The molecule has 4 aliphatic rings. The highest BCUT2D eigenvalue weighted by Gasteiger charge is 2.74. The van der Waals surface area contributed by atoms with Crippen LogP contribution in [0, 0.1) is 39.4 Å². The van der Waals surface area contributed by atoms with Crippen molar-refractivity contribution in [2.45, 2.75) is 111 Å². The van der Waals surface area contributed by atoms with Crippen molar-refractivity contribution in [3.05, 3.63) is 53.6 Å². The van der Waals surface area contributed by atoms with E-state index in [1.54, 1.807) is 38.1 Å². The number of carbonyl (C=O) groups excluding carboxylic acids is 4. The van der Waals surface area contributed by atoms with Gasteiger partial charge in [0.2, 0.25) is 0 Å². The molecular weight excluding hydrogens is 584 g/mol. The standard InChI is InChI=1S/C38H50O8/c1-21(39)22-12-10-11-13-27(22)46-33(2,3)17-16-29(42)38(9,45)31-26(41)19-35(6)28-15-14-23-24(18-25(40)32(44)34(23,4)5)37(28,8)30(43)20-36(31,35)7/h10-14,16-17,24-26,28,31,40-41,45H,15,18-20H2,1-9H3/t24-,25+,26-,28-,31-,35-,36-,37-,38+/m1/s1. The number of hydrogen-bond acceptors (Lipinski definition) is 8. The maximum atomic E-state index is 14.5. The molecule has 0 amide bonds. The molecule has 0 unspecified atom stereocenters. The van der Waals surface area contributed by atoms with E-state index in [-0.39, 0.29) is 42.0 Å². The molecule has 9 atom stereocenters. The van der Waals surface area contributed by atoms with Crippen LogP contribution in [0.15, 0.2) is 48.1 Å². The Hall–Kier alpha value is -2.94. The predicted molar refractivity (Wildman–Crippen MR) is 173 cm³/mol. The number of ketones is 4. The number of Topliss-reactive ketones (excluding diaryl/α,β-unsaturated/α-hetero) is 3. The zero-order valence-electron chi connectivity index (χ0n) is 28.6. The minimum atomic E-state index is -2.01. The number of rotatable bonds is 7. The lowest BCUT2D eigenvalue weighted by molar-refractivity contribution is -0.183. The van der Waals surface area contributed by atoms with Gasteiger partial charge in [0.1, 0.15) is 28.8 Å². The van der Waals surface area contributed by atoms with Gasteiger partial charge in [-0.2, -0.15) is 0 Å². The molecule has 4 aliphatic carbocycles. The van der Waals surface area contributed by atoms with Gasteiger partial charge in [-0.1, -0.05) is 44.6 Å². The summed E-state index contributed by atoms with van der Waals surface area (Å²) in [5.74, 6) is -2.12. The molecule has 0 aromatic heterocycles. The van der Waals surface area contributed by atoms with E-state index < -0.39 is 56.8 Å². The quantitative estimate of drug-likeness (QED) is 0.211. The number of ether oxygens (including phenoxy) is 1. The van der Waals surface area contributed by atoms with Crippen LogP contribution in [0.25, 0.3) is 0 Å². The van der Waals surface area contributed by atoms with Gasteiger partial charge in [0.05, 0.1) is 11.7 Å². The summed E-state index contributed by atoms with van der Waals surface area (Å²) in [6.07, 6.45) is 3.73. The van der Waals surface area contributed by atoms with Gasteiger partial charge >= 0.3 is 0 Å². The minimum Gasteiger partial charge on any atom is -0.483 e. The molecule has 250 valence electrons. The Labute approximate surface area is 272 Å². The second-order valence-electron chi connectivity index (χ2n) is 16.3. The van der Waals surface area contributed by atoms with Gasteiger partial charge in [-0.3, -0.25) is 19.2 Å². The minimum absolute atomic E-state index is 0.0259. The average Bonchev–Trinajstić information content (AvgIpc) is 3.15. The summed E-state index contributed by atoms with van der Waals surface area (Å²) in [5, 5.41) is 34.5. The summed E-state index contributed by atoms with van der Waals surface area (Å²) in [6.45, 7) is 15.9. The van der Waals surface area contributed by atoms with Gasteiger partial charge in [-0.25, -0.2) is 0 Å². The Kier molecular flexibility index (Phi) is 8.07. The van der Waals surface area contributed by atoms with Crippen LogP contribution in [0.1, 0.15) is 98.4 Å². The number of allylic oxidation sites excluding steroid dienone is 2. The fourth-order valence-corrected chi connectivity index (χ4v) is 10.2. The highest BCUT2D eigenvalue weighted by Crippen LogP contribution is 2.74. The first-order chi connectivity index (χ1) is 21.1. The van der Waals surface area contributed by atoms with Crippen LogP contribution < -0.4 is 4.74 Å². The molecule has 5 rings (SSSR count). The van der Waals surface area contributed by atoms with Crippen LogP contribution in [0.3, 0.4) is 0 Å². The molecule has 0 bridgehead atoms. The summed E-state index contributed by atoms with van der Waals surface area (Å²) >= 11 is 0. The topological polar surface area (TPSA) is 138 Å². The Morgan fingerprint density at radius 3 is 2.26 bits per heavy atom. The number of aliphatic hydroxyl groups is 3. The van der Waals surface area contributed by atoms with Crippen molar-refractivity contribution in [1.29, 1.82) is 0 Å². The zero-order chi connectivity index (χ0) is 34.4. The first-order valence-electron chi connectivity index (χ1n) is 16.4. The fraction of sp³-hybridized carbons (Fsp3) is 0.632. The smallest absolute Gasteiger partial charge is 0.187 e. The number of aliphatic hydroxyl groups excluding tert-OH is 2. The number of benzene rings is 1. The molecule has 0 radical (unpaired) electrons. The summed E-state index contributed by atoms with van der Waals surface area (Å²) in [5.41, 5.74) is -5.01. The summed E-state index contributed by atoms with van der Waals surface area (Å²) in [7, 11) is 0. The van der Waals surface area contributed by atoms with Crippen LogP contribution >= 0.6 is 0 Å². The van der Waals surface area contributed by atoms with E-state index in [1.165, 1.54) is 26.0 Å². The summed E-state index contributed by atoms with van der Waals surface area (Å²) < 4.78 is 6.10. The fourth-order valence-electron chi connectivity index (χ4n) is 10.2. The van der Waals surface area contributed by atoms with Gasteiger partial charge in [0.15, 0.2) is 17.3 Å². The summed E-state index contributed by atoms with van der Waals surface area (Å²) in [6, 6.07) is 6.86. The highest BCUT2D eigenvalue weighted by atomic mass is 16.5. The van der Waals surface area contributed by atoms with E-state index in [4.69, 9.17) is 4.74 Å². The van der Waals surface area contributed by atoms with Gasteiger partial charge in [0.25, 0.3) is 0 Å². The van der Waals surface area contributed by atoms with Gasteiger partial charge < -0.3 is 20.1 Å². The van der Waals surface area contributed by atoms with Crippen molar-refractivity contribution in [2.75, 3.05) is 0 Å². The average molecular weight is 635 g/mol. The molecule has 0 aliphatic heterocycles. The third-order valence-electron chi connectivity index (χ3n) is 12.8. The van der Waals surface area contributed by atoms with Crippen molar-refractivity contribution >= 4 is 23.1 Å². The van der Waals surface area contributed by atoms with Crippen LogP contribution in [0.4, 0.5) is 0 Å². The third kappa shape index (κ3) is 4.81. The molecule has 0 saturated heterocycles. The van der Waals surface area contributed by atoms with Crippen LogP contribution in [0.5, 0.6) is 5.75 Å². The Balaban J connectivity index is 1.46. The first kappa shape index (κ1) is 34.4. The van der Waals surface area contributed by atoms with Crippen LogP contribution in [-0.2, 0) is 14.4 Å². The molecule has 1 aromatic rings. The number of fused-ring (bicyclic) bond motifs is 5. The van der Waals surface area contributed by atoms with E-state index in [0.717, 1.165) is 5.57 Å². The molecule has 0 heterocycles. The Morgan fingerprint density at radius 1 is 1.00 bits per heavy atom.